The smallest absolute Gasteiger partial charge is 0.255 e. The minimum Gasteiger partial charge on any atom is -0.507 e. The first-order valence-corrected chi connectivity index (χ1v) is 17.8. The van der Waals surface area contributed by atoms with Crippen molar-refractivity contribution in [3.05, 3.63) is 102 Å². The van der Waals surface area contributed by atoms with Crippen molar-refractivity contribution in [1.82, 2.24) is 9.47 Å². The molecule has 0 atom stereocenters. The van der Waals surface area contributed by atoms with Gasteiger partial charge in [0.25, 0.3) is 5.91 Å². The number of ether oxygens (including phenoxy) is 1. The van der Waals surface area contributed by atoms with Crippen LogP contribution in [0.3, 0.4) is 0 Å². The number of halogens is 1. The molecule has 0 bridgehead atoms. The Morgan fingerprint density at radius 2 is 1.58 bits per heavy atom. The second kappa shape index (κ2) is 17.7. The van der Waals surface area contributed by atoms with Gasteiger partial charge in [0.15, 0.2) is 0 Å². The molecule has 1 aromatic heterocycles. The lowest BCUT2D eigenvalue weighted by molar-refractivity contribution is 0.102. The van der Waals surface area contributed by atoms with Gasteiger partial charge in [0.1, 0.15) is 28.8 Å². The highest BCUT2D eigenvalue weighted by Gasteiger charge is 2.16. The number of benzene rings is 4. The van der Waals surface area contributed by atoms with Gasteiger partial charge < -0.3 is 29.7 Å². The maximum atomic E-state index is 13.3. The molecule has 0 radical (unpaired) electrons. The van der Waals surface area contributed by atoms with E-state index in [4.69, 9.17) is 4.74 Å². The van der Waals surface area contributed by atoms with Crippen molar-refractivity contribution in [2.75, 3.05) is 25.0 Å². The number of nitrogens with one attached hydrogen (secondary N) is 1. The Morgan fingerprint density at radius 1 is 0.900 bits per heavy atom. The molecule has 0 aliphatic heterocycles. The first-order chi connectivity index (χ1) is 24.0. The van der Waals surface area contributed by atoms with Crippen LogP contribution in [0.25, 0.3) is 22.0 Å². The van der Waals surface area contributed by atoms with Crippen LogP contribution in [0.4, 0.5) is 10.1 Å². The van der Waals surface area contributed by atoms with E-state index in [2.05, 4.69) is 61.5 Å². The van der Waals surface area contributed by atoms with Gasteiger partial charge in [-0.3, -0.25) is 4.79 Å². The number of carbonyl (C=O) groups excluding carboxylic acids is 1. The van der Waals surface area contributed by atoms with Crippen LogP contribution in [0, 0.1) is 25.6 Å². The number of aromatic hydroxyl groups is 2. The SMILES string of the molecule is CC.CCCN(CCCn1c(C)c(C)c2cc(Oc3cccc(C(=O)Nc4cc(O)c(-c5ccc(F)cc5)c(O)c4)c3)ccc21)CCC(C)C. The van der Waals surface area contributed by atoms with Crippen molar-refractivity contribution in [2.45, 2.75) is 74.3 Å². The standard InChI is InChI=1S/C40H46FN3O4.C2H6/c1-6-18-43(21-17-26(2)3)19-8-20-44-28(5)27(4)35-25-34(15-16-36(35)44)48-33-10-7-9-30(22-33)40(47)42-32-23-37(45)39(38(46)24-32)29-11-13-31(41)14-12-29;1-2/h7,9-16,22-26,45-46H,6,8,17-21H2,1-5H3,(H,42,47);1-2H3. The normalized spacial score (nSPS) is 11.2. The summed E-state index contributed by atoms with van der Waals surface area (Å²) in [7, 11) is 0. The largest absolute Gasteiger partial charge is 0.507 e. The van der Waals surface area contributed by atoms with Crippen LogP contribution in [0.15, 0.2) is 78.9 Å². The van der Waals surface area contributed by atoms with Crippen LogP contribution in [-0.2, 0) is 6.54 Å². The predicted molar refractivity (Wildman–Crippen MR) is 203 cm³/mol. The molecule has 4 aromatic carbocycles. The summed E-state index contributed by atoms with van der Waals surface area (Å²) in [5.74, 6) is 0.538. The molecule has 0 unspecified atom stereocenters. The van der Waals surface area contributed by atoms with E-state index in [9.17, 15) is 19.4 Å². The molecule has 0 saturated heterocycles. The third-order valence-corrected chi connectivity index (χ3v) is 8.85. The van der Waals surface area contributed by atoms with Crippen molar-refractivity contribution in [1.29, 1.82) is 0 Å². The van der Waals surface area contributed by atoms with Crippen molar-refractivity contribution in [3.8, 4) is 34.1 Å². The average Bonchev–Trinajstić information content (AvgIpc) is 3.33. The third kappa shape index (κ3) is 9.45. The second-order valence-electron chi connectivity index (χ2n) is 12.9. The number of fused-ring (bicyclic) bond motifs is 1. The minimum atomic E-state index is -0.436. The summed E-state index contributed by atoms with van der Waals surface area (Å²) in [5, 5.41) is 25.1. The van der Waals surface area contributed by atoms with E-state index in [0.717, 1.165) is 38.0 Å². The molecule has 0 spiro atoms. The molecule has 266 valence electrons. The molecule has 1 amide bonds. The number of hydrogen-bond acceptors (Lipinski definition) is 5. The Hall–Kier alpha value is -4.82. The van der Waals surface area contributed by atoms with E-state index >= 15 is 0 Å². The van der Waals surface area contributed by atoms with Gasteiger partial charge in [0, 0.05) is 46.5 Å². The lowest BCUT2D eigenvalue weighted by atomic mass is 10.0. The van der Waals surface area contributed by atoms with Gasteiger partial charge in [-0.05, 0) is 118 Å². The number of anilines is 1. The molecule has 8 heteroatoms. The summed E-state index contributed by atoms with van der Waals surface area (Å²) in [4.78, 5) is 15.7. The van der Waals surface area contributed by atoms with Gasteiger partial charge in [0.05, 0.1) is 5.56 Å². The highest BCUT2D eigenvalue weighted by atomic mass is 19.1. The van der Waals surface area contributed by atoms with Crippen LogP contribution in [-0.4, -0.2) is 45.2 Å². The fourth-order valence-corrected chi connectivity index (χ4v) is 6.16. The number of carbonyl (C=O) groups is 1. The van der Waals surface area contributed by atoms with Gasteiger partial charge in [-0.1, -0.05) is 52.8 Å². The summed E-state index contributed by atoms with van der Waals surface area (Å²) < 4.78 is 22.0. The van der Waals surface area contributed by atoms with E-state index in [1.165, 1.54) is 66.0 Å². The summed E-state index contributed by atoms with van der Waals surface area (Å²) in [5.41, 5.74) is 4.82. The summed E-state index contributed by atoms with van der Waals surface area (Å²) >= 11 is 0. The maximum Gasteiger partial charge on any atom is 0.255 e. The molecule has 5 aromatic rings. The van der Waals surface area contributed by atoms with Crippen molar-refractivity contribution in [2.24, 2.45) is 5.92 Å². The Morgan fingerprint density at radius 3 is 2.24 bits per heavy atom. The summed E-state index contributed by atoms with van der Waals surface area (Å²) in [6.07, 6.45) is 3.48. The average molecular weight is 682 g/mol. The molecule has 1 heterocycles. The lowest BCUT2D eigenvalue weighted by Crippen LogP contribution is -2.28. The van der Waals surface area contributed by atoms with Crippen molar-refractivity contribution >= 4 is 22.5 Å². The zero-order chi connectivity index (χ0) is 36.4. The van der Waals surface area contributed by atoms with Gasteiger partial charge in [-0.15, -0.1) is 0 Å². The fourth-order valence-electron chi connectivity index (χ4n) is 6.16. The molecule has 0 saturated carbocycles. The molecule has 5 rings (SSSR count). The highest BCUT2D eigenvalue weighted by molar-refractivity contribution is 6.05. The number of rotatable bonds is 14. The number of nitrogens with zero attached hydrogens (tertiary/aromatic N) is 2. The van der Waals surface area contributed by atoms with Crippen LogP contribution in [0.1, 0.15) is 75.5 Å². The number of phenols is 2. The van der Waals surface area contributed by atoms with Gasteiger partial charge in [-0.25, -0.2) is 4.39 Å². The predicted octanol–water partition coefficient (Wildman–Crippen LogP) is 10.7. The van der Waals surface area contributed by atoms with Gasteiger partial charge in [-0.2, -0.15) is 0 Å². The fraction of sp³-hybridized carbons (Fsp3) is 0.357. The van der Waals surface area contributed by atoms with E-state index in [1.54, 1.807) is 24.3 Å². The molecule has 0 fully saturated rings. The summed E-state index contributed by atoms with van der Waals surface area (Å²) in [6.45, 7) is 19.5. The van der Waals surface area contributed by atoms with Crippen LogP contribution >= 0.6 is 0 Å². The number of amides is 1. The number of aryl methyl sites for hydroxylation is 2. The first kappa shape index (κ1) is 38.0. The van der Waals surface area contributed by atoms with Crippen LogP contribution < -0.4 is 10.1 Å². The zero-order valence-electron chi connectivity index (χ0n) is 30.5. The van der Waals surface area contributed by atoms with Crippen LogP contribution in [0.5, 0.6) is 23.0 Å². The molecule has 7 nitrogen and oxygen atoms in total. The Bertz CT molecular complexity index is 1860. The van der Waals surface area contributed by atoms with E-state index in [1.807, 2.05) is 19.9 Å². The number of aromatic nitrogens is 1. The Labute approximate surface area is 296 Å². The molecule has 3 N–H and O–H groups in total. The van der Waals surface area contributed by atoms with E-state index in [0.29, 0.717) is 28.5 Å². The van der Waals surface area contributed by atoms with Crippen LogP contribution in [0.2, 0.25) is 0 Å². The molecular formula is C42H52FN3O4. The van der Waals surface area contributed by atoms with Crippen molar-refractivity contribution < 1.29 is 24.1 Å². The summed E-state index contributed by atoms with van der Waals surface area (Å²) in [6, 6.07) is 21.1. The van der Waals surface area contributed by atoms with Gasteiger partial charge >= 0.3 is 0 Å². The van der Waals surface area contributed by atoms with E-state index < -0.39 is 11.7 Å². The topological polar surface area (TPSA) is 87.0 Å². The Balaban J connectivity index is 0.00000276. The quantitative estimate of drug-likeness (QED) is 0.109. The minimum absolute atomic E-state index is 0.150. The monoisotopic (exact) mass is 681 g/mol. The van der Waals surface area contributed by atoms with E-state index in [-0.39, 0.29) is 22.7 Å². The molecule has 0 aliphatic carbocycles. The highest BCUT2D eigenvalue weighted by Crippen LogP contribution is 2.40. The number of phenolic OH excluding ortho intramolecular Hbond substituents is 2. The molecule has 50 heavy (non-hydrogen) atoms. The lowest BCUT2D eigenvalue weighted by Gasteiger charge is -2.23. The molecule has 0 aliphatic rings. The second-order valence-corrected chi connectivity index (χ2v) is 12.9. The first-order valence-electron chi connectivity index (χ1n) is 17.8. The Kier molecular flexibility index (Phi) is 13.5. The zero-order valence-corrected chi connectivity index (χ0v) is 30.5. The van der Waals surface area contributed by atoms with Crippen molar-refractivity contribution in [3.63, 3.8) is 0 Å². The maximum absolute atomic E-state index is 13.3. The molecular weight excluding hydrogens is 629 g/mol. The number of hydrogen-bond donors (Lipinski definition) is 3. The van der Waals surface area contributed by atoms with Gasteiger partial charge in [0.2, 0.25) is 0 Å². The third-order valence-electron chi connectivity index (χ3n) is 8.85.